The number of anilines is 1. The lowest BCUT2D eigenvalue weighted by molar-refractivity contribution is -0.385. The fraction of sp³-hybridized carbons (Fsp3) is 0.571. The highest BCUT2D eigenvalue weighted by Gasteiger charge is 2.18. The van der Waals surface area contributed by atoms with Crippen molar-refractivity contribution in [2.24, 2.45) is 0 Å². The molecule has 1 N–H and O–H groups in total. The first kappa shape index (κ1) is 17.3. The van der Waals surface area contributed by atoms with Gasteiger partial charge in [0.25, 0.3) is 5.69 Å². The molecule has 0 saturated heterocycles. The van der Waals surface area contributed by atoms with Crippen LogP contribution in [0.5, 0.6) is 0 Å². The highest BCUT2D eigenvalue weighted by molar-refractivity contribution is 5.51. The van der Waals surface area contributed by atoms with Crippen LogP contribution in [0.25, 0.3) is 0 Å². The second-order valence-corrected chi connectivity index (χ2v) is 5.39. The third-order valence-electron chi connectivity index (χ3n) is 3.24. The first-order chi connectivity index (χ1) is 9.73. The van der Waals surface area contributed by atoms with E-state index >= 15 is 0 Å². The summed E-state index contributed by atoms with van der Waals surface area (Å²) < 4.78 is 27.4. The number of rotatable bonds is 7. The maximum atomic E-state index is 13.7. The molecule has 5 nitrogen and oxygen atoms in total. The molecule has 0 aliphatic rings. The molecule has 0 unspecified atom stereocenters. The first-order valence-electron chi connectivity index (χ1n) is 6.87. The summed E-state index contributed by atoms with van der Waals surface area (Å²) in [6, 6.07) is 2.07. The fourth-order valence-corrected chi connectivity index (χ4v) is 2.26. The van der Waals surface area contributed by atoms with Crippen LogP contribution in [0.3, 0.4) is 0 Å². The van der Waals surface area contributed by atoms with Gasteiger partial charge >= 0.3 is 0 Å². The number of non-ortho nitro benzene ring substituents is 1. The van der Waals surface area contributed by atoms with Crippen molar-refractivity contribution >= 4 is 11.4 Å². The van der Waals surface area contributed by atoms with Gasteiger partial charge < -0.3 is 5.32 Å². The van der Waals surface area contributed by atoms with Crippen LogP contribution in [-0.2, 0) is 0 Å². The monoisotopic (exact) mass is 301 g/mol. The number of hydrogen-bond acceptors (Lipinski definition) is 4. The van der Waals surface area contributed by atoms with Gasteiger partial charge in [0.1, 0.15) is 5.69 Å². The summed E-state index contributed by atoms with van der Waals surface area (Å²) in [5.74, 6) is -1.91. The standard InChI is InChI=1S/C14H21F2N3O2/c1-9(2)18(10(3)4)6-5-17-14-12(15)7-11(19(20)21)8-13(14)16/h7-10,17H,5-6H2,1-4H3. The van der Waals surface area contributed by atoms with Crippen molar-refractivity contribution in [3.05, 3.63) is 33.9 Å². The van der Waals surface area contributed by atoms with Gasteiger partial charge in [0.15, 0.2) is 11.6 Å². The van der Waals surface area contributed by atoms with Crippen LogP contribution in [-0.4, -0.2) is 35.0 Å². The Morgan fingerprint density at radius 2 is 1.67 bits per heavy atom. The third kappa shape index (κ3) is 4.63. The molecule has 0 aromatic heterocycles. The minimum atomic E-state index is -0.956. The molecule has 0 aliphatic carbocycles. The van der Waals surface area contributed by atoms with Crippen molar-refractivity contribution in [1.29, 1.82) is 0 Å². The van der Waals surface area contributed by atoms with Gasteiger partial charge in [-0.2, -0.15) is 0 Å². The molecule has 7 heteroatoms. The molecule has 0 saturated carbocycles. The molecule has 0 aliphatic heterocycles. The van der Waals surface area contributed by atoms with E-state index in [9.17, 15) is 18.9 Å². The average Bonchev–Trinajstić information content (AvgIpc) is 2.35. The van der Waals surface area contributed by atoms with Crippen LogP contribution < -0.4 is 5.32 Å². The quantitative estimate of drug-likeness (QED) is 0.619. The van der Waals surface area contributed by atoms with Crippen LogP contribution in [0.4, 0.5) is 20.2 Å². The minimum Gasteiger partial charge on any atom is -0.379 e. The van der Waals surface area contributed by atoms with Crippen molar-refractivity contribution in [3.63, 3.8) is 0 Å². The Bertz CT molecular complexity index is 476. The SMILES string of the molecule is CC(C)N(CCNc1c(F)cc([N+](=O)[O-])cc1F)C(C)C. The Hall–Kier alpha value is -1.76. The van der Waals surface area contributed by atoms with Gasteiger partial charge in [-0.25, -0.2) is 8.78 Å². The maximum absolute atomic E-state index is 13.7. The van der Waals surface area contributed by atoms with E-state index in [1.165, 1.54) is 0 Å². The molecule has 0 fully saturated rings. The molecule has 118 valence electrons. The van der Waals surface area contributed by atoms with Gasteiger partial charge in [0.2, 0.25) is 0 Å². The molecule has 1 aromatic carbocycles. The van der Waals surface area contributed by atoms with Gasteiger partial charge in [-0.3, -0.25) is 15.0 Å². The smallest absolute Gasteiger partial charge is 0.275 e. The Morgan fingerprint density at radius 3 is 2.05 bits per heavy atom. The molecule has 0 atom stereocenters. The predicted molar refractivity (Wildman–Crippen MR) is 78.5 cm³/mol. The lowest BCUT2D eigenvalue weighted by atomic mass is 10.2. The topological polar surface area (TPSA) is 58.4 Å². The number of nitro benzene ring substituents is 1. The largest absolute Gasteiger partial charge is 0.379 e. The van der Waals surface area contributed by atoms with E-state index < -0.39 is 22.2 Å². The van der Waals surface area contributed by atoms with Crippen LogP contribution >= 0.6 is 0 Å². The Balaban J connectivity index is 2.74. The van der Waals surface area contributed by atoms with Gasteiger partial charge in [-0.05, 0) is 27.7 Å². The lowest BCUT2D eigenvalue weighted by Gasteiger charge is -2.30. The molecule has 21 heavy (non-hydrogen) atoms. The Kier molecular flexibility index (Phi) is 6.02. The van der Waals surface area contributed by atoms with E-state index in [-0.39, 0.29) is 5.69 Å². The second kappa shape index (κ2) is 7.31. The Morgan fingerprint density at radius 1 is 1.19 bits per heavy atom. The summed E-state index contributed by atoms with van der Waals surface area (Å²) in [5.41, 5.74) is -0.922. The molecule has 0 bridgehead atoms. The summed E-state index contributed by atoms with van der Waals surface area (Å²) in [6.45, 7) is 9.16. The molecular weight excluding hydrogens is 280 g/mol. The fourth-order valence-electron chi connectivity index (χ4n) is 2.26. The molecule has 1 aromatic rings. The van der Waals surface area contributed by atoms with Crippen LogP contribution in [0.15, 0.2) is 12.1 Å². The molecule has 1 rings (SSSR count). The van der Waals surface area contributed by atoms with E-state index in [4.69, 9.17) is 0 Å². The van der Waals surface area contributed by atoms with Gasteiger partial charge in [0.05, 0.1) is 17.1 Å². The highest BCUT2D eigenvalue weighted by atomic mass is 19.1. The molecular formula is C14H21F2N3O2. The molecule has 0 amide bonds. The van der Waals surface area contributed by atoms with Crippen molar-refractivity contribution in [3.8, 4) is 0 Å². The summed E-state index contributed by atoms with van der Waals surface area (Å²) in [5, 5.41) is 13.2. The predicted octanol–water partition coefficient (Wildman–Crippen LogP) is 3.40. The molecule has 0 radical (unpaired) electrons. The van der Waals surface area contributed by atoms with Gasteiger partial charge in [-0.1, -0.05) is 0 Å². The summed E-state index contributed by atoms with van der Waals surface area (Å²) in [7, 11) is 0. The minimum absolute atomic E-state index is 0.318. The van der Waals surface area contributed by atoms with Crippen LogP contribution in [0.1, 0.15) is 27.7 Å². The number of nitrogens with zero attached hydrogens (tertiary/aromatic N) is 2. The lowest BCUT2D eigenvalue weighted by Crippen LogP contribution is -2.40. The van der Waals surface area contributed by atoms with Gasteiger partial charge in [0, 0.05) is 25.2 Å². The summed E-state index contributed by atoms with van der Waals surface area (Å²) in [4.78, 5) is 11.9. The van der Waals surface area contributed by atoms with Crippen molar-refractivity contribution in [2.75, 3.05) is 18.4 Å². The Labute approximate surface area is 123 Å². The molecule has 0 heterocycles. The van der Waals surface area contributed by atoms with E-state index in [0.717, 1.165) is 0 Å². The number of benzene rings is 1. The van der Waals surface area contributed by atoms with E-state index in [1.807, 2.05) is 27.7 Å². The highest BCUT2D eigenvalue weighted by Crippen LogP contribution is 2.24. The van der Waals surface area contributed by atoms with Gasteiger partial charge in [-0.15, -0.1) is 0 Å². The summed E-state index contributed by atoms with van der Waals surface area (Å²) in [6.07, 6.45) is 0. The number of halogens is 2. The number of nitrogens with one attached hydrogen (secondary N) is 1. The van der Waals surface area contributed by atoms with Crippen LogP contribution in [0.2, 0.25) is 0 Å². The van der Waals surface area contributed by atoms with Crippen molar-refractivity contribution in [2.45, 2.75) is 39.8 Å². The zero-order chi connectivity index (χ0) is 16.2. The number of hydrogen-bond donors (Lipinski definition) is 1. The molecule has 0 spiro atoms. The van der Waals surface area contributed by atoms with Crippen molar-refractivity contribution < 1.29 is 13.7 Å². The summed E-state index contributed by atoms with van der Waals surface area (Å²) >= 11 is 0. The zero-order valence-corrected chi connectivity index (χ0v) is 12.7. The third-order valence-corrected chi connectivity index (χ3v) is 3.24. The van der Waals surface area contributed by atoms with E-state index in [1.54, 1.807) is 0 Å². The first-order valence-corrected chi connectivity index (χ1v) is 6.87. The van der Waals surface area contributed by atoms with E-state index in [0.29, 0.717) is 37.3 Å². The zero-order valence-electron chi connectivity index (χ0n) is 12.7. The van der Waals surface area contributed by atoms with E-state index in [2.05, 4.69) is 10.2 Å². The normalized spacial score (nSPS) is 11.5. The van der Waals surface area contributed by atoms with Crippen molar-refractivity contribution in [1.82, 2.24) is 4.90 Å². The maximum Gasteiger partial charge on any atom is 0.275 e. The number of nitro groups is 1. The van der Waals surface area contributed by atoms with Crippen LogP contribution in [0, 0.1) is 21.7 Å². The average molecular weight is 301 g/mol. The second-order valence-electron chi connectivity index (χ2n) is 5.39.